The second-order valence-electron chi connectivity index (χ2n) is 6.80. The van der Waals surface area contributed by atoms with Crippen molar-refractivity contribution in [3.8, 4) is 5.69 Å². The molecular weight excluding hydrogens is 372 g/mol. The lowest BCUT2D eigenvalue weighted by Crippen LogP contribution is -2.22. The maximum Gasteiger partial charge on any atom is 0.305 e. The molecule has 3 aromatic rings. The molecule has 0 atom stereocenters. The fourth-order valence-electron chi connectivity index (χ4n) is 3.15. The lowest BCUT2D eigenvalue weighted by molar-refractivity contribution is -0.140. The number of benzene rings is 1. The highest BCUT2D eigenvalue weighted by atomic mass is 16.5. The molecule has 152 valence electrons. The van der Waals surface area contributed by atoms with E-state index in [9.17, 15) is 9.59 Å². The zero-order valence-electron chi connectivity index (χ0n) is 17.0. The summed E-state index contributed by atoms with van der Waals surface area (Å²) in [6.45, 7) is 5.99. The minimum absolute atomic E-state index is 0.190. The van der Waals surface area contributed by atoms with Crippen molar-refractivity contribution >= 4 is 11.9 Å². The number of methoxy groups -OCH3 is 1. The van der Waals surface area contributed by atoms with Crippen molar-refractivity contribution in [2.24, 2.45) is 0 Å². The fraction of sp³-hybridized carbons (Fsp3) is 0.333. The lowest BCUT2D eigenvalue weighted by Gasteiger charge is -2.07. The van der Waals surface area contributed by atoms with Gasteiger partial charge < -0.3 is 14.6 Å². The minimum Gasteiger partial charge on any atom is -0.469 e. The van der Waals surface area contributed by atoms with Gasteiger partial charge >= 0.3 is 5.97 Å². The van der Waals surface area contributed by atoms with E-state index in [2.05, 4.69) is 15.6 Å². The number of esters is 1. The molecule has 0 bridgehead atoms. The van der Waals surface area contributed by atoms with Crippen LogP contribution in [0, 0.1) is 20.8 Å². The highest BCUT2D eigenvalue weighted by Crippen LogP contribution is 2.20. The first-order chi connectivity index (χ1) is 13.9. The number of hydrogen-bond acceptors (Lipinski definition) is 6. The second-order valence-corrected chi connectivity index (χ2v) is 6.80. The van der Waals surface area contributed by atoms with Crippen LogP contribution in [0.2, 0.25) is 0 Å². The molecule has 8 nitrogen and oxygen atoms in total. The van der Waals surface area contributed by atoms with Crippen LogP contribution in [0.1, 0.15) is 45.2 Å². The quantitative estimate of drug-likeness (QED) is 0.617. The standard InChI is InChI=1S/C21H24N4O4/c1-13-11-17(24-29-13)12-22-21(27)16-5-7-18(8-6-16)25-15(3)19(14(2)23-25)9-10-20(26)28-4/h5-8,11H,9-10,12H2,1-4H3,(H,22,27). The third-order valence-corrected chi connectivity index (χ3v) is 4.73. The third kappa shape index (κ3) is 4.71. The molecule has 0 unspecified atom stereocenters. The minimum atomic E-state index is -0.243. The molecule has 0 aliphatic rings. The van der Waals surface area contributed by atoms with Gasteiger partial charge in [-0.1, -0.05) is 5.16 Å². The topological polar surface area (TPSA) is 99.2 Å². The summed E-state index contributed by atoms with van der Waals surface area (Å²) >= 11 is 0. The first-order valence-corrected chi connectivity index (χ1v) is 9.31. The highest BCUT2D eigenvalue weighted by molar-refractivity contribution is 5.94. The number of carbonyl (C=O) groups is 2. The largest absolute Gasteiger partial charge is 0.469 e. The van der Waals surface area contributed by atoms with Crippen LogP contribution in [0.4, 0.5) is 0 Å². The predicted octanol–water partition coefficient (Wildman–Crippen LogP) is 2.82. The van der Waals surface area contributed by atoms with Gasteiger partial charge in [0.1, 0.15) is 11.5 Å². The zero-order chi connectivity index (χ0) is 21.0. The van der Waals surface area contributed by atoms with Gasteiger partial charge in [0, 0.05) is 23.7 Å². The molecule has 0 aliphatic carbocycles. The van der Waals surface area contributed by atoms with Gasteiger partial charge in [0.25, 0.3) is 5.91 Å². The van der Waals surface area contributed by atoms with E-state index in [0.717, 1.165) is 22.6 Å². The number of ether oxygens (including phenoxy) is 1. The van der Waals surface area contributed by atoms with E-state index in [1.165, 1.54) is 7.11 Å². The number of aromatic nitrogens is 3. The van der Waals surface area contributed by atoms with E-state index in [1.54, 1.807) is 25.1 Å². The van der Waals surface area contributed by atoms with Crippen molar-refractivity contribution in [3.63, 3.8) is 0 Å². The molecule has 3 rings (SSSR count). The number of hydrogen-bond donors (Lipinski definition) is 1. The van der Waals surface area contributed by atoms with Gasteiger partial charge in [0.2, 0.25) is 0 Å². The molecule has 0 aliphatic heterocycles. The van der Waals surface area contributed by atoms with Gasteiger partial charge in [-0.05, 0) is 57.0 Å². The first-order valence-electron chi connectivity index (χ1n) is 9.31. The van der Waals surface area contributed by atoms with E-state index in [0.29, 0.717) is 36.4 Å². The van der Waals surface area contributed by atoms with Crippen LogP contribution in [0.25, 0.3) is 5.69 Å². The second kappa shape index (κ2) is 8.72. The number of nitrogens with one attached hydrogen (secondary N) is 1. The Bertz CT molecular complexity index is 1020. The van der Waals surface area contributed by atoms with E-state index in [-0.39, 0.29) is 11.9 Å². The summed E-state index contributed by atoms with van der Waals surface area (Å²) in [6.07, 6.45) is 0.889. The Hall–Kier alpha value is -3.42. The molecule has 1 N–H and O–H groups in total. The lowest BCUT2D eigenvalue weighted by atomic mass is 10.1. The Morgan fingerprint density at radius 3 is 2.52 bits per heavy atom. The summed E-state index contributed by atoms with van der Waals surface area (Å²) in [5.41, 5.74) is 4.93. The van der Waals surface area contributed by atoms with Gasteiger partial charge in [-0.25, -0.2) is 4.68 Å². The van der Waals surface area contributed by atoms with Gasteiger partial charge in [-0.15, -0.1) is 0 Å². The molecule has 0 saturated carbocycles. The van der Waals surface area contributed by atoms with E-state index < -0.39 is 0 Å². The summed E-state index contributed by atoms with van der Waals surface area (Å²) in [5, 5.41) is 11.3. The van der Waals surface area contributed by atoms with E-state index >= 15 is 0 Å². The van der Waals surface area contributed by atoms with Crippen LogP contribution < -0.4 is 5.32 Å². The average Bonchev–Trinajstić information content (AvgIpc) is 3.26. The monoisotopic (exact) mass is 396 g/mol. The first kappa shape index (κ1) is 20.3. The molecule has 8 heteroatoms. The van der Waals surface area contributed by atoms with Crippen LogP contribution in [0.5, 0.6) is 0 Å². The molecule has 2 heterocycles. The molecule has 29 heavy (non-hydrogen) atoms. The van der Waals surface area contributed by atoms with Crippen molar-refractivity contribution in [2.75, 3.05) is 7.11 Å². The molecular formula is C21H24N4O4. The van der Waals surface area contributed by atoms with E-state index in [1.807, 2.05) is 30.7 Å². The molecule has 1 amide bonds. The van der Waals surface area contributed by atoms with Gasteiger partial charge in [-0.2, -0.15) is 5.10 Å². The summed E-state index contributed by atoms with van der Waals surface area (Å²) in [4.78, 5) is 23.8. The highest BCUT2D eigenvalue weighted by Gasteiger charge is 2.15. The number of rotatable bonds is 7. The normalized spacial score (nSPS) is 10.8. The van der Waals surface area contributed by atoms with Crippen molar-refractivity contribution in [1.82, 2.24) is 20.3 Å². The molecule has 0 spiro atoms. The van der Waals surface area contributed by atoms with Crippen molar-refractivity contribution in [1.29, 1.82) is 0 Å². The Morgan fingerprint density at radius 2 is 1.90 bits per heavy atom. The van der Waals surface area contributed by atoms with Crippen molar-refractivity contribution in [2.45, 2.75) is 40.2 Å². The SMILES string of the molecule is COC(=O)CCc1c(C)nn(-c2ccc(C(=O)NCc3cc(C)on3)cc2)c1C. The van der Waals surface area contributed by atoms with Crippen LogP contribution in [0.3, 0.4) is 0 Å². The smallest absolute Gasteiger partial charge is 0.305 e. The van der Waals surface area contributed by atoms with E-state index in [4.69, 9.17) is 9.26 Å². The third-order valence-electron chi connectivity index (χ3n) is 4.73. The summed E-state index contributed by atoms with van der Waals surface area (Å²) < 4.78 is 11.5. The van der Waals surface area contributed by atoms with Crippen LogP contribution in [0.15, 0.2) is 34.9 Å². The van der Waals surface area contributed by atoms with Crippen LogP contribution in [-0.4, -0.2) is 33.9 Å². The molecule has 0 fully saturated rings. The van der Waals surface area contributed by atoms with Crippen LogP contribution in [-0.2, 0) is 22.5 Å². The summed E-state index contributed by atoms with van der Waals surface area (Å²) in [7, 11) is 1.38. The summed E-state index contributed by atoms with van der Waals surface area (Å²) in [5.74, 6) is 0.270. The number of amides is 1. The number of aryl methyl sites for hydroxylation is 2. The molecule has 0 saturated heterocycles. The average molecular weight is 396 g/mol. The Morgan fingerprint density at radius 1 is 1.17 bits per heavy atom. The number of nitrogens with zero attached hydrogens (tertiary/aromatic N) is 3. The summed E-state index contributed by atoms with van der Waals surface area (Å²) in [6, 6.07) is 8.98. The number of carbonyl (C=O) groups excluding carboxylic acids is 2. The molecule has 1 aromatic carbocycles. The molecule has 2 aromatic heterocycles. The van der Waals surface area contributed by atoms with Gasteiger partial charge in [0.05, 0.1) is 25.0 Å². The van der Waals surface area contributed by atoms with Crippen molar-refractivity contribution < 1.29 is 18.8 Å². The fourth-order valence-corrected chi connectivity index (χ4v) is 3.15. The zero-order valence-corrected chi connectivity index (χ0v) is 17.0. The van der Waals surface area contributed by atoms with Gasteiger partial charge in [0.15, 0.2) is 0 Å². The Kier molecular flexibility index (Phi) is 6.11. The maximum absolute atomic E-state index is 12.3. The Balaban J connectivity index is 1.69. The Labute approximate surface area is 168 Å². The molecule has 0 radical (unpaired) electrons. The van der Waals surface area contributed by atoms with Gasteiger partial charge in [-0.3, -0.25) is 9.59 Å². The van der Waals surface area contributed by atoms with Crippen molar-refractivity contribution in [3.05, 3.63) is 64.3 Å². The predicted molar refractivity (Wildman–Crippen MR) is 106 cm³/mol. The van der Waals surface area contributed by atoms with Crippen LogP contribution >= 0.6 is 0 Å². The maximum atomic E-state index is 12.3.